The minimum atomic E-state index is -0.656. The average Bonchev–Trinajstić information content (AvgIpc) is 2.84. The highest BCUT2D eigenvalue weighted by Gasteiger charge is 2.36. The van der Waals surface area contributed by atoms with Crippen LogP contribution in [-0.4, -0.2) is 24.3 Å². The number of benzene rings is 4. The minimum absolute atomic E-state index is 0.223. The number of anilines is 1. The van der Waals surface area contributed by atoms with Gasteiger partial charge in [-0.05, 0) is 60.0 Å². The van der Waals surface area contributed by atoms with E-state index < -0.39 is 17.7 Å². The fourth-order valence-electron chi connectivity index (χ4n) is 3.92. The number of carbonyl (C=O) groups is 3. The highest BCUT2D eigenvalue weighted by atomic mass is 79.9. The number of carbonyl (C=O) groups excluding carboxylic acids is 3. The molecule has 0 aliphatic carbocycles. The van der Waals surface area contributed by atoms with Crippen LogP contribution in [-0.2, 0) is 4.79 Å². The normalized spacial score (nSPS) is 12.8. The highest BCUT2D eigenvalue weighted by molar-refractivity contribution is 9.10. The number of primary amides is 1. The molecule has 2 N–H and O–H groups in total. The van der Waals surface area contributed by atoms with Crippen molar-refractivity contribution in [2.45, 2.75) is 9.79 Å². The molecule has 1 aliphatic heterocycles. The maximum atomic E-state index is 13.6. The van der Waals surface area contributed by atoms with Crippen LogP contribution in [0.5, 0.6) is 5.75 Å². The summed E-state index contributed by atoms with van der Waals surface area (Å²) in [5.74, 6) is -1.34. The van der Waals surface area contributed by atoms with Gasteiger partial charge in [0.15, 0.2) is 6.61 Å². The predicted molar refractivity (Wildman–Crippen MR) is 134 cm³/mol. The monoisotopic (exact) mass is 532 g/mol. The van der Waals surface area contributed by atoms with Gasteiger partial charge in [-0.25, -0.2) is 4.90 Å². The molecule has 3 amide bonds. The average molecular weight is 533 g/mol. The molecule has 0 fully saturated rings. The van der Waals surface area contributed by atoms with E-state index in [1.54, 1.807) is 48.2 Å². The SMILES string of the molecule is NC(=O)COc1ccccc1N1C(=O)c2cccc3c(Sc4ccc(Br)cc4)ccc(c23)C1=O. The molecule has 34 heavy (non-hydrogen) atoms. The van der Waals surface area contributed by atoms with Crippen molar-refractivity contribution in [3.63, 3.8) is 0 Å². The van der Waals surface area contributed by atoms with Gasteiger partial charge >= 0.3 is 0 Å². The summed E-state index contributed by atoms with van der Waals surface area (Å²) in [4.78, 5) is 41.4. The second-order valence-electron chi connectivity index (χ2n) is 7.56. The predicted octanol–water partition coefficient (Wildman–Crippen LogP) is 5.42. The molecule has 0 aromatic heterocycles. The van der Waals surface area contributed by atoms with E-state index in [4.69, 9.17) is 10.5 Å². The van der Waals surface area contributed by atoms with Gasteiger partial charge in [0, 0.05) is 30.8 Å². The molecule has 0 unspecified atom stereocenters. The van der Waals surface area contributed by atoms with Crippen LogP contribution in [0.15, 0.2) is 93.1 Å². The van der Waals surface area contributed by atoms with Crippen molar-refractivity contribution >= 4 is 61.9 Å². The number of nitrogens with two attached hydrogens (primary N) is 1. The van der Waals surface area contributed by atoms with Crippen molar-refractivity contribution in [1.82, 2.24) is 0 Å². The van der Waals surface area contributed by atoms with Gasteiger partial charge in [0.25, 0.3) is 17.7 Å². The summed E-state index contributed by atoms with van der Waals surface area (Å²) in [5, 5.41) is 1.47. The van der Waals surface area contributed by atoms with E-state index in [0.717, 1.165) is 24.5 Å². The molecule has 0 saturated carbocycles. The van der Waals surface area contributed by atoms with Crippen LogP contribution in [0.3, 0.4) is 0 Å². The molecule has 0 atom stereocenters. The van der Waals surface area contributed by atoms with Crippen LogP contribution in [0.25, 0.3) is 10.8 Å². The molecular formula is C26H17BrN2O4S. The first kappa shape index (κ1) is 22.2. The molecule has 6 nitrogen and oxygen atoms in total. The lowest BCUT2D eigenvalue weighted by molar-refractivity contribution is -0.119. The minimum Gasteiger partial charge on any atom is -0.482 e. The van der Waals surface area contributed by atoms with Crippen molar-refractivity contribution in [3.05, 3.63) is 94.5 Å². The Hall–Kier alpha value is -3.62. The highest BCUT2D eigenvalue weighted by Crippen LogP contribution is 2.41. The largest absolute Gasteiger partial charge is 0.482 e. The molecule has 0 bridgehead atoms. The Labute approximate surface area is 207 Å². The summed E-state index contributed by atoms with van der Waals surface area (Å²) in [6, 6.07) is 23.6. The summed E-state index contributed by atoms with van der Waals surface area (Å²) < 4.78 is 6.47. The van der Waals surface area contributed by atoms with Crippen molar-refractivity contribution < 1.29 is 19.1 Å². The Morgan fingerprint density at radius 3 is 2.32 bits per heavy atom. The number of imide groups is 1. The van der Waals surface area contributed by atoms with Crippen LogP contribution < -0.4 is 15.4 Å². The zero-order valence-electron chi connectivity index (χ0n) is 17.7. The Morgan fingerprint density at radius 1 is 0.882 bits per heavy atom. The van der Waals surface area contributed by atoms with Crippen molar-refractivity contribution in [3.8, 4) is 5.75 Å². The summed E-state index contributed by atoms with van der Waals surface area (Å²) in [6.07, 6.45) is 0. The van der Waals surface area contributed by atoms with E-state index >= 15 is 0 Å². The van der Waals surface area contributed by atoms with Crippen molar-refractivity contribution in [2.75, 3.05) is 11.5 Å². The fraction of sp³-hybridized carbons (Fsp3) is 0.0385. The van der Waals surface area contributed by atoms with E-state index in [-0.39, 0.29) is 18.0 Å². The zero-order valence-corrected chi connectivity index (χ0v) is 20.1. The number of ether oxygens (including phenoxy) is 1. The van der Waals surface area contributed by atoms with E-state index in [0.29, 0.717) is 16.5 Å². The van der Waals surface area contributed by atoms with E-state index in [9.17, 15) is 14.4 Å². The number of hydrogen-bond donors (Lipinski definition) is 1. The first-order chi connectivity index (χ1) is 16.4. The molecule has 0 saturated heterocycles. The van der Waals surface area contributed by atoms with Crippen LogP contribution in [0.2, 0.25) is 0 Å². The third-order valence-corrected chi connectivity index (χ3v) is 7.00. The zero-order chi connectivity index (χ0) is 23.8. The fourth-order valence-corrected chi connectivity index (χ4v) is 5.13. The van der Waals surface area contributed by atoms with Crippen LogP contribution >= 0.6 is 27.7 Å². The third-order valence-electron chi connectivity index (χ3n) is 5.39. The van der Waals surface area contributed by atoms with Gasteiger partial charge < -0.3 is 10.5 Å². The van der Waals surface area contributed by atoms with E-state index in [2.05, 4.69) is 15.9 Å². The lowest BCUT2D eigenvalue weighted by Crippen LogP contribution is -2.40. The first-order valence-corrected chi connectivity index (χ1v) is 11.9. The lowest BCUT2D eigenvalue weighted by Gasteiger charge is -2.28. The summed E-state index contributed by atoms with van der Waals surface area (Å²) in [6.45, 7) is -0.365. The number of para-hydroxylation sites is 2. The van der Waals surface area contributed by atoms with Gasteiger partial charge in [0.2, 0.25) is 0 Å². The number of nitrogens with zero attached hydrogens (tertiary/aromatic N) is 1. The van der Waals surface area contributed by atoms with Gasteiger partial charge in [-0.3, -0.25) is 14.4 Å². The molecule has 1 aliphatic rings. The molecular weight excluding hydrogens is 516 g/mol. The second kappa shape index (κ2) is 8.96. The van der Waals surface area contributed by atoms with Gasteiger partial charge in [-0.15, -0.1) is 0 Å². The van der Waals surface area contributed by atoms with Gasteiger partial charge in [0.05, 0.1) is 5.69 Å². The van der Waals surface area contributed by atoms with Crippen LogP contribution in [0.1, 0.15) is 20.7 Å². The second-order valence-corrected chi connectivity index (χ2v) is 9.59. The standard InChI is InChI=1S/C26H17BrN2O4S/c27-15-8-10-16(11-9-15)34-22-13-12-19-24-17(22)4-3-5-18(24)25(31)29(26(19)32)20-6-1-2-7-21(20)33-14-23(28)30/h1-13H,14H2,(H2,28,30). The molecule has 1 heterocycles. The molecule has 4 aromatic carbocycles. The maximum Gasteiger partial charge on any atom is 0.266 e. The summed E-state index contributed by atoms with van der Waals surface area (Å²) >= 11 is 5.01. The Balaban J connectivity index is 1.59. The van der Waals surface area contributed by atoms with Gasteiger partial charge in [-0.1, -0.05) is 52.0 Å². The van der Waals surface area contributed by atoms with Crippen LogP contribution in [0.4, 0.5) is 5.69 Å². The molecule has 5 rings (SSSR count). The quantitative estimate of drug-likeness (QED) is 0.335. The lowest BCUT2D eigenvalue weighted by atomic mass is 9.93. The van der Waals surface area contributed by atoms with Crippen LogP contribution in [0, 0.1) is 0 Å². The summed E-state index contributed by atoms with van der Waals surface area (Å²) in [7, 11) is 0. The van der Waals surface area contributed by atoms with Gasteiger partial charge in [-0.2, -0.15) is 0 Å². The Bertz CT molecular complexity index is 1450. The number of hydrogen-bond acceptors (Lipinski definition) is 5. The van der Waals surface area contributed by atoms with E-state index in [1.165, 1.54) is 0 Å². The molecule has 4 aromatic rings. The van der Waals surface area contributed by atoms with Crippen molar-refractivity contribution in [2.24, 2.45) is 5.73 Å². The number of amides is 3. The first-order valence-electron chi connectivity index (χ1n) is 10.3. The molecule has 0 spiro atoms. The maximum absolute atomic E-state index is 13.6. The number of rotatable bonds is 6. The molecule has 8 heteroatoms. The smallest absolute Gasteiger partial charge is 0.266 e. The third kappa shape index (κ3) is 3.95. The van der Waals surface area contributed by atoms with Gasteiger partial charge in [0.1, 0.15) is 5.75 Å². The topological polar surface area (TPSA) is 89.7 Å². The molecule has 0 radical (unpaired) electrons. The summed E-state index contributed by atoms with van der Waals surface area (Å²) in [5.41, 5.74) is 6.31. The number of halogens is 1. The van der Waals surface area contributed by atoms with Crippen molar-refractivity contribution in [1.29, 1.82) is 0 Å². The van der Waals surface area contributed by atoms with E-state index in [1.807, 2.05) is 42.5 Å². The molecule has 168 valence electrons. The Morgan fingerprint density at radius 2 is 1.59 bits per heavy atom. The Kier molecular flexibility index (Phi) is 5.85.